The maximum absolute atomic E-state index is 4.61. The summed E-state index contributed by atoms with van der Waals surface area (Å²) in [6.45, 7) is 5.61. The van der Waals surface area contributed by atoms with E-state index in [-0.39, 0.29) is 0 Å². The summed E-state index contributed by atoms with van der Waals surface area (Å²) in [6, 6.07) is 0.611. The summed E-state index contributed by atoms with van der Waals surface area (Å²) >= 11 is 1.90. The summed E-state index contributed by atoms with van der Waals surface area (Å²) in [5, 5.41) is 4.81. The maximum Gasteiger partial charge on any atom is 0.156 e. The second kappa shape index (κ2) is 5.95. The van der Waals surface area contributed by atoms with Crippen LogP contribution in [0, 0.1) is 11.8 Å². The summed E-state index contributed by atoms with van der Waals surface area (Å²) < 4.78 is 0. The number of nitrogens with zero attached hydrogens (tertiary/aromatic N) is 1. The monoisotopic (exact) mass is 240 g/mol. The highest BCUT2D eigenvalue weighted by Crippen LogP contribution is 2.27. The lowest BCUT2D eigenvalue weighted by Crippen LogP contribution is -2.39. The molecule has 1 fully saturated rings. The third-order valence-electron chi connectivity index (χ3n) is 3.76. The Bertz CT molecular complexity index is 246. The van der Waals surface area contributed by atoms with E-state index in [1.165, 1.54) is 43.0 Å². The van der Waals surface area contributed by atoms with E-state index in [1.807, 2.05) is 11.8 Å². The van der Waals surface area contributed by atoms with E-state index >= 15 is 0 Å². The van der Waals surface area contributed by atoms with E-state index in [0.717, 1.165) is 18.4 Å². The van der Waals surface area contributed by atoms with Crippen molar-refractivity contribution in [3.8, 4) is 0 Å². The number of nitrogens with one attached hydrogen (secondary N) is 1. The lowest BCUT2D eigenvalue weighted by atomic mass is 9.85. The molecule has 0 saturated heterocycles. The van der Waals surface area contributed by atoms with E-state index in [9.17, 15) is 0 Å². The van der Waals surface area contributed by atoms with E-state index in [1.54, 1.807) is 0 Å². The molecule has 0 amide bonds. The van der Waals surface area contributed by atoms with Gasteiger partial charge in [-0.15, -0.1) is 0 Å². The molecule has 2 unspecified atom stereocenters. The van der Waals surface area contributed by atoms with Crippen molar-refractivity contribution in [2.24, 2.45) is 16.8 Å². The molecular weight excluding hydrogens is 216 g/mol. The van der Waals surface area contributed by atoms with Crippen molar-refractivity contribution in [2.45, 2.75) is 52.0 Å². The van der Waals surface area contributed by atoms with Gasteiger partial charge in [0.15, 0.2) is 5.17 Å². The van der Waals surface area contributed by atoms with Crippen molar-refractivity contribution in [2.75, 3.05) is 12.3 Å². The van der Waals surface area contributed by atoms with Crippen LogP contribution in [0.4, 0.5) is 0 Å². The van der Waals surface area contributed by atoms with Crippen LogP contribution in [0.1, 0.15) is 46.0 Å². The molecule has 1 N–H and O–H groups in total. The summed E-state index contributed by atoms with van der Waals surface area (Å²) in [5.74, 6) is 2.85. The van der Waals surface area contributed by atoms with Gasteiger partial charge in [-0.2, -0.15) is 0 Å². The Morgan fingerprint density at radius 2 is 2.06 bits per heavy atom. The lowest BCUT2D eigenvalue weighted by Gasteiger charge is -2.30. The first-order valence-corrected chi connectivity index (χ1v) is 7.68. The summed E-state index contributed by atoms with van der Waals surface area (Å²) in [7, 11) is 0. The molecule has 2 rings (SSSR count). The first kappa shape index (κ1) is 12.3. The molecule has 2 nitrogen and oxygen atoms in total. The second-order valence-corrected chi connectivity index (χ2v) is 6.40. The minimum absolute atomic E-state index is 0.611. The van der Waals surface area contributed by atoms with Gasteiger partial charge >= 0.3 is 0 Å². The van der Waals surface area contributed by atoms with Crippen LogP contribution >= 0.6 is 11.8 Å². The van der Waals surface area contributed by atoms with Crippen LogP contribution in [-0.4, -0.2) is 23.5 Å². The predicted octanol–water partition coefficient (Wildman–Crippen LogP) is 3.28. The van der Waals surface area contributed by atoms with Gasteiger partial charge in [0.05, 0.1) is 0 Å². The molecule has 16 heavy (non-hydrogen) atoms. The second-order valence-electron chi connectivity index (χ2n) is 5.39. The molecule has 0 bridgehead atoms. The third-order valence-corrected chi connectivity index (χ3v) is 5.02. The van der Waals surface area contributed by atoms with Crippen molar-refractivity contribution in [3.05, 3.63) is 0 Å². The zero-order valence-electron chi connectivity index (χ0n) is 10.5. The Kier molecular flexibility index (Phi) is 4.56. The fourth-order valence-electron chi connectivity index (χ4n) is 2.59. The van der Waals surface area contributed by atoms with Gasteiger partial charge < -0.3 is 5.32 Å². The smallest absolute Gasteiger partial charge is 0.156 e. The first-order chi connectivity index (χ1) is 7.75. The molecule has 1 heterocycles. The quantitative estimate of drug-likeness (QED) is 0.801. The number of rotatable bonds is 2. The number of thioether (sulfide) groups is 1. The van der Waals surface area contributed by atoms with Crippen molar-refractivity contribution in [1.29, 1.82) is 0 Å². The molecule has 0 radical (unpaired) electrons. The van der Waals surface area contributed by atoms with E-state index in [2.05, 4.69) is 24.2 Å². The van der Waals surface area contributed by atoms with Crippen LogP contribution < -0.4 is 5.32 Å². The average Bonchev–Trinajstić information content (AvgIpc) is 2.33. The van der Waals surface area contributed by atoms with Crippen LogP contribution in [0.25, 0.3) is 0 Å². The van der Waals surface area contributed by atoms with Crippen LogP contribution in [0.5, 0.6) is 0 Å². The lowest BCUT2D eigenvalue weighted by molar-refractivity contribution is 0.302. The minimum Gasteiger partial charge on any atom is -0.362 e. The Labute approximate surface area is 104 Å². The molecule has 0 aromatic heterocycles. The van der Waals surface area contributed by atoms with E-state index < -0.39 is 0 Å². The van der Waals surface area contributed by atoms with Gasteiger partial charge in [-0.05, 0) is 31.6 Å². The molecule has 0 aromatic carbocycles. The highest BCUT2D eigenvalue weighted by Gasteiger charge is 2.22. The molecular formula is C13H24N2S. The molecule has 1 saturated carbocycles. The van der Waals surface area contributed by atoms with Gasteiger partial charge in [-0.25, -0.2) is 0 Å². The molecule has 1 aliphatic carbocycles. The van der Waals surface area contributed by atoms with Crippen LogP contribution in [0.15, 0.2) is 4.99 Å². The van der Waals surface area contributed by atoms with Gasteiger partial charge in [-0.3, -0.25) is 4.99 Å². The average molecular weight is 240 g/mol. The maximum atomic E-state index is 4.61. The number of hydrogen-bond donors (Lipinski definition) is 1. The standard InChI is InChI=1S/C13H24N2S/c1-10-8-14-13(16-9-10)15-11(2)12-6-4-3-5-7-12/h10-12H,3-9H2,1-2H3,(H,14,15). The molecule has 1 aliphatic heterocycles. The van der Waals surface area contributed by atoms with Gasteiger partial charge in [-0.1, -0.05) is 37.9 Å². The first-order valence-electron chi connectivity index (χ1n) is 6.69. The summed E-state index contributed by atoms with van der Waals surface area (Å²) in [4.78, 5) is 4.61. The minimum atomic E-state index is 0.611. The highest BCUT2D eigenvalue weighted by molar-refractivity contribution is 8.13. The predicted molar refractivity (Wildman–Crippen MR) is 73.1 cm³/mol. The van der Waals surface area contributed by atoms with Crippen LogP contribution in [0.3, 0.4) is 0 Å². The summed E-state index contributed by atoms with van der Waals surface area (Å²) in [6.07, 6.45) is 7.10. The molecule has 2 aliphatic rings. The molecule has 0 spiro atoms. The number of aliphatic imine (C=N–C) groups is 1. The molecule has 0 aromatic rings. The van der Waals surface area contributed by atoms with Crippen molar-refractivity contribution in [1.82, 2.24) is 5.32 Å². The molecule has 2 atom stereocenters. The van der Waals surface area contributed by atoms with Gasteiger partial charge in [0.1, 0.15) is 0 Å². The van der Waals surface area contributed by atoms with Crippen LogP contribution in [0.2, 0.25) is 0 Å². The van der Waals surface area contributed by atoms with E-state index in [4.69, 9.17) is 0 Å². The van der Waals surface area contributed by atoms with Crippen LogP contribution in [-0.2, 0) is 0 Å². The normalized spacial score (nSPS) is 29.6. The Morgan fingerprint density at radius 1 is 1.31 bits per heavy atom. The summed E-state index contributed by atoms with van der Waals surface area (Å²) in [5.41, 5.74) is 0. The molecule has 3 heteroatoms. The molecule has 92 valence electrons. The largest absolute Gasteiger partial charge is 0.362 e. The van der Waals surface area contributed by atoms with Crippen molar-refractivity contribution < 1.29 is 0 Å². The fourth-order valence-corrected chi connectivity index (χ4v) is 3.58. The van der Waals surface area contributed by atoms with Gasteiger partial charge in [0, 0.05) is 18.3 Å². The van der Waals surface area contributed by atoms with E-state index in [0.29, 0.717) is 6.04 Å². The zero-order chi connectivity index (χ0) is 11.4. The fraction of sp³-hybridized carbons (Fsp3) is 0.923. The van der Waals surface area contributed by atoms with Gasteiger partial charge in [0.25, 0.3) is 0 Å². The number of hydrogen-bond acceptors (Lipinski definition) is 3. The topological polar surface area (TPSA) is 24.4 Å². The third kappa shape index (κ3) is 3.41. The SMILES string of the molecule is CC1CN=C(NC(C)C2CCCCC2)SC1. The Balaban J connectivity index is 1.79. The van der Waals surface area contributed by atoms with Crippen molar-refractivity contribution >= 4 is 16.9 Å². The Morgan fingerprint density at radius 3 is 2.69 bits per heavy atom. The Hall–Kier alpha value is -0.180. The highest BCUT2D eigenvalue weighted by atomic mass is 32.2. The van der Waals surface area contributed by atoms with Gasteiger partial charge in [0.2, 0.25) is 0 Å². The van der Waals surface area contributed by atoms with Crippen molar-refractivity contribution in [3.63, 3.8) is 0 Å². The zero-order valence-corrected chi connectivity index (χ0v) is 11.4. The number of amidine groups is 1.